The van der Waals surface area contributed by atoms with E-state index >= 15 is 0 Å². The van der Waals surface area contributed by atoms with Gasteiger partial charge in [-0.2, -0.15) is 0 Å². The Kier molecular flexibility index (Phi) is 6.55. The number of unbranched alkanes of at least 4 members (excludes halogenated alkanes) is 2. The highest BCUT2D eigenvalue weighted by Crippen LogP contribution is 2.42. The average Bonchev–Trinajstić information content (AvgIpc) is 3.00. The van der Waals surface area contributed by atoms with Gasteiger partial charge in [0.25, 0.3) is 11.7 Å². The van der Waals surface area contributed by atoms with Gasteiger partial charge in [-0.3, -0.25) is 9.59 Å². The maximum atomic E-state index is 13.7. The van der Waals surface area contributed by atoms with Gasteiger partial charge in [-0.15, -0.1) is 0 Å². The number of hydrogen-bond acceptors (Lipinski definition) is 4. The molecule has 0 spiro atoms. The second-order valence-corrected chi connectivity index (χ2v) is 7.41. The second kappa shape index (κ2) is 9.11. The predicted octanol–water partition coefficient (Wildman–Crippen LogP) is 4.75. The van der Waals surface area contributed by atoms with E-state index in [1.54, 1.807) is 31.2 Å². The van der Waals surface area contributed by atoms with Gasteiger partial charge in [0.15, 0.2) is 0 Å². The van der Waals surface area contributed by atoms with Gasteiger partial charge in [-0.25, -0.2) is 4.39 Å². The number of ether oxygens (including phenoxy) is 1. The van der Waals surface area contributed by atoms with Crippen molar-refractivity contribution in [1.29, 1.82) is 0 Å². The Morgan fingerprint density at radius 2 is 1.90 bits per heavy atom. The number of aliphatic hydroxyl groups excluding tert-OH is 1. The van der Waals surface area contributed by atoms with Crippen LogP contribution in [0.3, 0.4) is 0 Å². The molecule has 5 nitrogen and oxygen atoms in total. The molecule has 1 saturated heterocycles. The van der Waals surface area contributed by atoms with Crippen molar-refractivity contribution in [3.63, 3.8) is 0 Å². The lowest BCUT2D eigenvalue weighted by Crippen LogP contribution is -2.30. The normalized spacial score (nSPS) is 18.1. The fourth-order valence-corrected chi connectivity index (χ4v) is 3.81. The summed E-state index contributed by atoms with van der Waals surface area (Å²) in [5.41, 5.74) is 1.24. The molecule has 0 aromatic heterocycles. The molecule has 1 N–H and O–H groups in total. The number of Topliss-reactive ketones (excluding diaryl/α,β-unsaturated/α-hetero) is 1. The molecule has 1 amide bonds. The largest absolute Gasteiger partial charge is 0.507 e. The summed E-state index contributed by atoms with van der Waals surface area (Å²) < 4.78 is 19.2. The first kappa shape index (κ1) is 21.6. The highest BCUT2D eigenvalue weighted by molar-refractivity contribution is 6.46. The van der Waals surface area contributed by atoms with Gasteiger partial charge < -0.3 is 14.7 Å². The van der Waals surface area contributed by atoms with Crippen LogP contribution >= 0.6 is 0 Å². The van der Waals surface area contributed by atoms with Crippen LogP contribution in [0.1, 0.15) is 48.9 Å². The molecule has 1 atom stereocenters. The number of aryl methyl sites for hydroxylation is 1. The van der Waals surface area contributed by atoms with Gasteiger partial charge in [-0.1, -0.05) is 38.0 Å². The van der Waals surface area contributed by atoms with E-state index in [0.29, 0.717) is 29.0 Å². The average molecular weight is 411 g/mol. The van der Waals surface area contributed by atoms with Crippen LogP contribution in [0.15, 0.2) is 48.0 Å². The number of likely N-dealkylation sites (tertiary alicyclic amines) is 1. The van der Waals surface area contributed by atoms with Crippen molar-refractivity contribution in [2.75, 3.05) is 13.7 Å². The Bertz CT molecular complexity index is 998. The van der Waals surface area contributed by atoms with Crippen LogP contribution in [-0.4, -0.2) is 35.4 Å². The number of aliphatic hydroxyl groups is 1. The Morgan fingerprint density at radius 1 is 1.17 bits per heavy atom. The number of halogens is 1. The van der Waals surface area contributed by atoms with Crippen molar-refractivity contribution < 1.29 is 23.8 Å². The van der Waals surface area contributed by atoms with Crippen LogP contribution in [0, 0.1) is 12.7 Å². The van der Waals surface area contributed by atoms with Crippen LogP contribution in [0.4, 0.5) is 4.39 Å². The third-order valence-electron chi connectivity index (χ3n) is 5.41. The van der Waals surface area contributed by atoms with Crippen LogP contribution < -0.4 is 4.74 Å². The minimum Gasteiger partial charge on any atom is -0.507 e. The molecule has 2 aromatic carbocycles. The molecule has 1 unspecified atom stereocenters. The van der Waals surface area contributed by atoms with Gasteiger partial charge >= 0.3 is 0 Å². The maximum Gasteiger partial charge on any atom is 0.295 e. The minimum absolute atomic E-state index is 0.00740. The molecule has 1 aliphatic rings. The SMILES string of the molecule is CCCCCN1C(=O)C(=O)/C(=C(/O)c2ccc(F)c(C)c2)C1c1ccccc1OC. The van der Waals surface area contributed by atoms with Gasteiger partial charge in [-0.05, 0) is 43.2 Å². The molecule has 0 aliphatic carbocycles. The molecule has 1 aliphatic heterocycles. The van der Waals surface area contributed by atoms with Crippen molar-refractivity contribution in [2.24, 2.45) is 0 Å². The molecular weight excluding hydrogens is 385 g/mol. The molecule has 158 valence electrons. The lowest BCUT2D eigenvalue weighted by Gasteiger charge is -2.26. The fourth-order valence-electron chi connectivity index (χ4n) is 3.81. The predicted molar refractivity (Wildman–Crippen MR) is 113 cm³/mol. The van der Waals surface area contributed by atoms with E-state index in [9.17, 15) is 19.1 Å². The number of methoxy groups -OCH3 is 1. The van der Waals surface area contributed by atoms with E-state index in [-0.39, 0.29) is 11.3 Å². The molecule has 2 aromatic rings. The monoisotopic (exact) mass is 411 g/mol. The molecule has 0 saturated carbocycles. The number of nitrogens with zero attached hydrogens (tertiary/aromatic N) is 1. The van der Waals surface area contributed by atoms with E-state index in [1.807, 2.05) is 0 Å². The van der Waals surface area contributed by atoms with Crippen molar-refractivity contribution in [2.45, 2.75) is 39.2 Å². The summed E-state index contributed by atoms with van der Waals surface area (Å²) in [4.78, 5) is 27.4. The molecule has 1 heterocycles. The van der Waals surface area contributed by atoms with Crippen LogP contribution in [0.2, 0.25) is 0 Å². The fraction of sp³-hybridized carbons (Fsp3) is 0.333. The zero-order valence-electron chi connectivity index (χ0n) is 17.4. The number of carbonyl (C=O) groups is 2. The molecule has 1 fully saturated rings. The molecule has 6 heteroatoms. The Balaban J connectivity index is 2.18. The summed E-state index contributed by atoms with van der Waals surface area (Å²) in [5.74, 6) is -1.60. The van der Waals surface area contributed by atoms with Crippen molar-refractivity contribution in [3.8, 4) is 5.75 Å². The van der Waals surface area contributed by atoms with E-state index in [0.717, 1.165) is 19.3 Å². The van der Waals surface area contributed by atoms with Crippen molar-refractivity contribution >= 4 is 17.4 Å². The quantitative estimate of drug-likeness (QED) is 0.309. The zero-order valence-corrected chi connectivity index (χ0v) is 17.4. The zero-order chi connectivity index (χ0) is 21.8. The van der Waals surface area contributed by atoms with E-state index in [1.165, 1.54) is 30.2 Å². The van der Waals surface area contributed by atoms with Gasteiger partial charge in [0.1, 0.15) is 17.3 Å². The van der Waals surface area contributed by atoms with Gasteiger partial charge in [0.2, 0.25) is 0 Å². The van der Waals surface area contributed by atoms with Crippen molar-refractivity contribution in [3.05, 3.63) is 70.5 Å². The highest BCUT2D eigenvalue weighted by atomic mass is 19.1. The Hall–Kier alpha value is -3.15. The minimum atomic E-state index is -0.775. The number of para-hydroxylation sites is 1. The standard InChI is InChI=1S/C24H26FNO4/c1-4-5-8-13-26-21(17-9-6-7-10-19(17)30-3)20(23(28)24(26)29)22(27)16-11-12-18(25)15(2)14-16/h6-7,9-12,14,21,27H,4-5,8,13H2,1-3H3/b22-20+. The number of rotatable bonds is 7. The van der Waals surface area contributed by atoms with Gasteiger partial charge in [0, 0.05) is 17.7 Å². The number of carbonyl (C=O) groups excluding carboxylic acids is 2. The Morgan fingerprint density at radius 3 is 2.57 bits per heavy atom. The second-order valence-electron chi connectivity index (χ2n) is 7.41. The van der Waals surface area contributed by atoms with Crippen LogP contribution in [0.5, 0.6) is 5.75 Å². The lowest BCUT2D eigenvalue weighted by molar-refractivity contribution is -0.139. The van der Waals surface area contributed by atoms with Crippen LogP contribution in [0.25, 0.3) is 5.76 Å². The first-order chi connectivity index (χ1) is 14.4. The summed E-state index contributed by atoms with van der Waals surface area (Å²) in [6.45, 7) is 4.02. The summed E-state index contributed by atoms with van der Waals surface area (Å²) in [6, 6.07) is 10.5. The summed E-state index contributed by atoms with van der Waals surface area (Å²) in [7, 11) is 1.52. The third kappa shape index (κ3) is 3.95. The highest BCUT2D eigenvalue weighted by Gasteiger charge is 2.46. The maximum absolute atomic E-state index is 13.7. The molecular formula is C24H26FNO4. The summed E-state index contributed by atoms with van der Waals surface area (Å²) in [6.07, 6.45) is 2.63. The van der Waals surface area contributed by atoms with E-state index in [4.69, 9.17) is 4.74 Å². The number of ketones is 1. The number of amides is 1. The molecule has 0 bridgehead atoms. The first-order valence-corrected chi connectivity index (χ1v) is 10.1. The van der Waals surface area contributed by atoms with E-state index < -0.39 is 23.5 Å². The first-order valence-electron chi connectivity index (χ1n) is 10.1. The van der Waals surface area contributed by atoms with Crippen molar-refractivity contribution in [1.82, 2.24) is 4.90 Å². The third-order valence-corrected chi connectivity index (χ3v) is 5.41. The molecule has 0 radical (unpaired) electrons. The number of hydrogen-bond donors (Lipinski definition) is 1. The smallest absolute Gasteiger partial charge is 0.295 e. The lowest BCUT2D eigenvalue weighted by atomic mass is 9.94. The summed E-state index contributed by atoms with van der Waals surface area (Å²) >= 11 is 0. The molecule has 3 rings (SSSR count). The van der Waals surface area contributed by atoms with Crippen LogP contribution in [-0.2, 0) is 9.59 Å². The topological polar surface area (TPSA) is 66.8 Å². The number of benzene rings is 2. The molecule has 30 heavy (non-hydrogen) atoms. The van der Waals surface area contributed by atoms with E-state index in [2.05, 4.69) is 6.92 Å². The summed E-state index contributed by atoms with van der Waals surface area (Å²) in [5, 5.41) is 11.0. The van der Waals surface area contributed by atoms with Gasteiger partial charge in [0.05, 0.1) is 18.7 Å². The Labute approximate surface area is 175 Å².